The number of rotatable bonds is 3. The molecule has 0 aliphatic carbocycles. The lowest BCUT2D eigenvalue weighted by Crippen LogP contribution is -2.09. The van der Waals surface area contributed by atoms with Crippen molar-refractivity contribution in [1.29, 1.82) is 0 Å². The van der Waals surface area contributed by atoms with E-state index in [1.54, 1.807) is 0 Å². The predicted octanol–water partition coefficient (Wildman–Crippen LogP) is 5.40. The molecule has 2 nitrogen and oxygen atoms in total. The van der Waals surface area contributed by atoms with E-state index in [1.165, 1.54) is 38.9 Å². The maximum atomic E-state index is 4.52. The Kier molecular flexibility index (Phi) is 4.39. The average Bonchev–Trinajstić information content (AvgIpc) is 2.55. The van der Waals surface area contributed by atoms with Gasteiger partial charge < -0.3 is 4.90 Å². The summed E-state index contributed by atoms with van der Waals surface area (Å²) in [5.74, 6) is 0. The van der Waals surface area contributed by atoms with Crippen LogP contribution in [-0.4, -0.2) is 19.1 Å². The summed E-state index contributed by atoms with van der Waals surface area (Å²) in [6, 6.07) is 12.8. The number of benzene rings is 2. The Morgan fingerprint density at radius 1 is 0.833 bits per heavy atom. The van der Waals surface area contributed by atoms with Crippen LogP contribution in [0.1, 0.15) is 27.8 Å². The molecule has 0 unspecified atom stereocenters. The second-order valence-electron chi connectivity index (χ2n) is 6.59. The van der Waals surface area contributed by atoms with Crippen molar-refractivity contribution in [2.75, 3.05) is 19.0 Å². The number of fused-ring (bicyclic) bond motifs is 1. The molecule has 1 heterocycles. The van der Waals surface area contributed by atoms with E-state index < -0.39 is 0 Å². The fraction of sp³-hybridized carbons (Fsp3) is 0.227. The van der Waals surface area contributed by atoms with Gasteiger partial charge in [-0.3, -0.25) is 4.98 Å². The second-order valence-corrected chi connectivity index (χ2v) is 6.59. The molecule has 122 valence electrons. The fourth-order valence-corrected chi connectivity index (χ4v) is 3.12. The quantitative estimate of drug-likeness (QED) is 0.643. The minimum absolute atomic E-state index is 1.04. The molecule has 0 saturated carbocycles. The molecule has 0 aliphatic heterocycles. The zero-order valence-electron chi connectivity index (χ0n) is 15.1. The molecule has 3 rings (SSSR count). The Labute approximate surface area is 144 Å². The first-order valence-electron chi connectivity index (χ1n) is 8.28. The first-order valence-corrected chi connectivity index (χ1v) is 8.28. The van der Waals surface area contributed by atoms with Gasteiger partial charge in [0.05, 0.1) is 5.52 Å². The van der Waals surface area contributed by atoms with Crippen molar-refractivity contribution in [3.8, 4) is 0 Å². The number of aromatic nitrogens is 1. The molecule has 24 heavy (non-hydrogen) atoms. The van der Waals surface area contributed by atoms with Crippen molar-refractivity contribution in [2.24, 2.45) is 0 Å². The zero-order chi connectivity index (χ0) is 17.3. The normalized spacial score (nSPS) is 11.4. The van der Waals surface area contributed by atoms with Crippen LogP contribution in [0.15, 0.2) is 42.6 Å². The monoisotopic (exact) mass is 316 g/mol. The van der Waals surface area contributed by atoms with Crippen LogP contribution in [0.2, 0.25) is 0 Å². The van der Waals surface area contributed by atoms with Crippen LogP contribution in [0.25, 0.3) is 23.1 Å². The molecule has 2 aromatic carbocycles. The summed E-state index contributed by atoms with van der Waals surface area (Å²) in [4.78, 5) is 6.67. The number of hydrogen-bond donors (Lipinski definition) is 0. The maximum absolute atomic E-state index is 4.52. The molecule has 0 aliphatic rings. The summed E-state index contributed by atoms with van der Waals surface area (Å²) in [7, 11) is 4.16. The summed E-state index contributed by atoms with van der Waals surface area (Å²) in [6.45, 7) is 6.47. The van der Waals surface area contributed by atoms with Crippen molar-refractivity contribution in [2.45, 2.75) is 20.8 Å². The van der Waals surface area contributed by atoms with Gasteiger partial charge in [-0.15, -0.1) is 0 Å². The van der Waals surface area contributed by atoms with Crippen LogP contribution in [0.5, 0.6) is 0 Å². The van der Waals surface area contributed by atoms with Gasteiger partial charge in [-0.1, -0.05) is 30.4 Å². The van der Waals surface area contributed by atoms with Gasteiger partial charge in [0.2, 0.25) is 0 Å². The summed E-state index contributed by atoms with van der Waals surface area (Å²) in [5.41, 5.74) is 8.62. The van der Waals surface area contributed by atoms with Crippen LogP contribution in [0.3, 0.4) is 0 Å². The topological polar surface area (TPSA) is 16.1 Å². The molecule has 3 aromatic rings. The van der Waals surface area contributed by atoms with Crippen LogP contribution < -0.4 is 4.90 Å². The Hall–Kier alpha value is -2.61. The van der Waals surface area contributed by atoms with Crippen molar-refractivity contribution < 1.29 is 0 Å². The molecule has 0 radical (unpaired) electrons. The minimum Gasteiger partial charge on any atom is -0.378 e. The van der Waals surface area contributed by atoms with E-state index in [2.05, 4.69) is 87.2 Å². The van der Waals surface area contributed by atoms with Gasteiger partial charge in [-0.05, 0) is 66.8 Å². The highest BCUT2D eigenvalue weighted by Crippen LogP contribution is 2.26. The third-order valence-electron chi connectivity index (χ3n) is 4.53. The molecule has 2 heteroatoms. The predicted molar refractivity (Wildman–Crippen MR) is 106 cm³/mol. The van der Waals surface area contributed by atoms with Gasteiger partial charge in [0, 0.05) is 31.4 Å². The highest BCUT2D eigenvalue weighted by Gasteiger charge is 2.06. The van der Waals surface area contributed by atoms with Crippen LogP contribution in [-0.2, 0) is 0 Å². The molecule has 0 spiro atoms. The van der Waals surface area contributed by atoms with Gasteiger partial charge in [-0.2, -0.15) is 0 Å². The molecule has 0 saturated heterocycles. The molecule has 0 bridgehead atoms. The number of nitrogens with zero attached hydrogens (tertiary/aromatic N) is 2. The smallest absolute Gasteiger partial charge is 0.0708 e. The van der Waals surface area contributed by atoms with E-state index >= 15 is 0 Å². The van der Waals surface area contributed by atoms with Gasteiger partial charge in [0.25, 0.3) is 0 Å². The highest BCUT2D eigenvalue weighted by molar-refractivity contribution is 5.92. The molecule has 1 aromatic heterocycles. The van der Waals surface area contributed by atoms with E-state index in [1.807, 2.05) is 12.3 Å². The average molecular weight is 316 g/mol. The van der Waals surface area contributed by atoms with Gasteiger partial charge >= 0.3 is 0 Å². The number of anilines is 1. The first-order chi connectivity index (χ1) is 11.5. The van der Waals surface area contributed by atoms with Gasteiger partial charge in [0.1, 0.15) is 0 Å². The Balaban J connectivity index is 2.08. The summed E-state index contributed by atoms with van der Waals surface area (Å²) >= 11 is 0. The third kappa shape index (κ3) is 3.05. The lowest BCUT2D eigenvalue weighted by molar-refractivity contribution is 1.12. The highest BCUT2D eigenvalue weighted by atomic mass is 15.1. The Morgan fingerprint density at radius 3 is 2.12 bits per heavy atom. The number of para-hydroxylation sites is 1. The largest absolute Gasteiger partial charge is 0.378 e. The van der Waals surface area contributed by atoms with Crippen molar-refractivity contribution >= 4 is 28.7 Å². The number of hydrogen-bond acceptors (Lipinski definition) is 2. The standard InChI is InChI=1S/C22H24N2/c1-15-12-18(24(4)5)13-16(2)19(15)10-11-20-17(3)14-23-22-9-7-6-8-21(20)22/h6-14H,1-5H3/b11-10+. The Bertz CT molecular complexity index is 897. The van der Waals surface area contributed by atoms with Crippen LogP contribution in [0.4, 0.5) is 5.69 Å². The van der Waals surface area contributed by atoms with Crippen molar-refractivity contribution in [3.05, 3.63) is 70.4 Å². The van der Waals surface area contributed by atoms with Crippen LogP contribution in [0, 0.1) is 20.8 Å². The summed E-state index contributed by atoms with van der Waals surface area (Å²) in [6.07, 6.45) is 6.42. The third-order valence-corrected chi connectivity index (χ3v) is 4.53. The number of pyridine rings is 1. The lowest BCUT2D eigenvalue weighted by atomic mass is 9.98. The summed E-state index contributed by atoms with van der Waals surface area (Å²) < 4.78 is 0. The van der Waals surface area contributed by atoms with Crippen molar-refractivity contribution in [1.82, 2.24) is 4.98 Å². The minimum atomic E-state index is 1.04. The molecule has 0 amide bonds. The van der Waals surface area contributed by atoms with E-state index in [-0.39, 0.29) is 0 Å². The fourth-order valence-electron chi connectivity index (χ4n) is 3.12. The lowest BCUT2D eigenvalue weighted by Gasteiger charge is -2.16. The van der Waals surface area contributed by atoms with E-state index in [0.29, 0.717) is 0 Å². The second kappa shape index (κ2) is 6.48. The van der Waals surface area contributed by atoms with Gasteiger partial charge in [-0.25, -0.2) is 0 Å². The molecular weight excluding hydrogens is 292 g/mol. The molecule has 0 N–H and O–H groups in total. The molecule has 0 atom stereocenters. The Morgan fingerprint density at radius 2 is 1.46 bits per heavy atom. The zero-order valence-corrected chi connectivity index (χ0v) is 15.1. The molecule has 0 fully saturated rings. The first kappa shape index (κ1) is 16.3. The van der Waals surface area contributed by atoms with E-state index in [9.17, 15) is 0 Å². The molecular formula is C22H24N2. The van der Waals surface area contributed by atoms with E-state index in [0.717, 1.165) is 5.52 Å². The maximum Gasteiger partial charge on any atom is 0.0708 e. The van der Waals surface area contributed by atoms with E-state index in [4.69, 9.17) is 0 Å². The van der Waals surface area contributed by atoms with Crippen LogP contribution >= 0.6 is 0 Å². The van der Waals surface area contributed by atoms with Gasteiger partial charge in [0.15, 0.2) is 0 Å². The SMILES string of the molecule is Cc1cc(N(C)C)cc(C)c1/C=C/c1c(C)cnc2ccccc12. The number of aryl methyl sites for hydroxylation is 3. The summed E-state index contributed by atoms with van der Waals surface area (Å²) in [5, 5.41) is 1.20. The van der Waals surface area contributed by atoms with Crippen molar-refractivity contribution in [3.63, 3.8) is 0 Å².